The van der Waals surface area contributed by atoms with Crippen LogP contribution < -0.4 is 10.2 Å². The van der Waals surface area contributed by atoms with E-state index in [0.29, 0.717) is 38.4 Å². The zero-order valence-electron chi connectivity index (χ0n) is 12.9. The molecule has 1 aromatic carbocycles. The molecule has 0 bridgehead atoms. The number of aliphatic imine (C=N–C) groups is 1. The zero-order chi connectivity index (χ0) is 15.9. The number of nitrogens with zero attached hydrogens (tertiary/aromatic N) is 3. The summed E-state index contributed by atoms with van der Waals surface area (Å²) < 4.78 is 27.1. The van der Waals surface area contributed by atoms with Crippen LogP contribution in [-0.2, 0) is 0 Å². The van der Waals surface area contributed by atoms with Gasteiger partial charge in [0.25, 0.3) is 0 Å². The van der Waals surface area contributed by atoms with Gasteiger partial charge in [-0.05, 0) is 19.1 Å². The van der Waals surface area contributed by atoms with Crippen LogP contribution in [0.3, 0.4) is 0 Å². The predicted octanol–water partition coefficient (Wildman–Crippen LogP) is 2.24. The lowest BCUT2D eigenvalue weighted by atomic mass is 10.2. The molecular weight excluding hydrogens is 286 g/mol. The number of hydrogen-bond donors (Lipinski definition) is 1. The van der Waals surface area contributed by atoms with Crippen molar-refractivity contribution in [1.29, 1.82) is 0 Å². The topological polar surface area (TPSA) is 30.9 Å². The van der Waals surface area contributed by atoms with Gasteiger partial charge in [-0.15, -0.1) is 6.58 Å². The maximum absolute atomic E-state index is 13.8. The van der Waals surface area contributed by atoms with Crippen molar-refractivity contribution in [2.45, 2.75) is 6.92 Å². The summed E-state index contributed by atoms with van der Waals surface area (Å²) in [5.41, 5.74) is 0.327. The molecule has 6 heteroatoms. The van der Waals surface area contributed by atoms with Crippen LogP contribution in [0, 0.1) is 11.6 Å². The Balaban J connectivity index is 2.02. The highest BCUT2D eigenvalue weighted by molar-refractivity contribution is 5.80. The molecule has 0 amide bonds. The van der Waals surface area contributed by atoms with Crippen LogP contribution in [0.1, 0.15) is 6.92 Å². The largest absolute Gasteiger partial charge is 0.366 e. The first kappa shape index (κ1) is 16.3. The zero-order valence-corrected chi connectivity index (χ0v) is 12.9. The van der Waals surface area contributed by atoms with Crippen molar-refractivity contribution in [2.75, 3.05) is 44.2 Å². The number of anilines is 1. The molecule has 1 N–H and O–H groups in total. The molecule has 0 saturated carbocycles. The van der Waals surface area contributed by atoms with Crippen molar-refractivity contribution in [2.24, 2.45) is 4.99 Å². The fourth-order valence-electron chi connectivity index (χ4n) is 2.46. The van der Waals surface area contributed by atoms with E-state index in [9.17, 15) is 8.78 Å². The second kappa shape index (κ2) is 7.77. The number of guanidine groups is 1. The van der Waals surface area contributed by atoms with Gasteiger partial charge in [-0.3, -0.25) is 0 Å². The fourth-order valence-corrected chi connectivity index (χ4v) is 2.46. The van der Waals surface area contributed by atoms with Gasteiger partial charge in [-0.2, -0.15) is 0 Å². The van der Waals surface area contributed by atoms with E-state index in [1.54, 1.807) is 6.08 Å². The van der Waals surface area contributed by atoms with Crippen LogP contribution in [0.4, 0.5) is 14.5 Å². The standard InChI is InChI=1S/C16H22F2N4/c1-3-7-20-16(19-4-2)22-10-8-21(9-11-22)15-12-13(17)5-6-14(15)18/h3,5-6,12H,1,4,7-11H2,2H3,(H,19,20). The highest BCUT2D eigenvalue weighted by Gasteiger charge is 2.21. The fraction of sp³-hybridized carbons (Fsp3) is 0.438. The molecular formula is C16H22F2N4. The van der Waals surface area contributed by atoms with Gasteiger partial charge in [0.05, 0.1) is 12.2 Å². The Morgan fingerprint density at radius 2 is 2.05 bits per heavy atom. The Bertz CT molecular complexity index is 537. The van der Waals surface area contributed by atoms with Gasteiger partial charge in [0.2, 0.25) is 0 Å². The molecule has 0 unspecified atom stereocenters. The molecule has 1 heterocycles. The average Bonchev–Trinajstić information content (AvgIpc) is 2.54. The smallest absolute Gasteiger partial charge is 0.194 e. The number of nitrogens with one attached hydrogen (secondary N) is 1. The highest BCUT2D eigenvalue weighted by Crippen LogP contribution is 2.21. The molecule has 120 valence electrons. The summed E-state index contributed by atoms with van der Waals surface area (Å²) >= 11 is 0. The van der Waals surface area contributed by atoms with E-state index in [1.807, 2.05) is 11.8 Å². The van der Waals surface area contributed by atoms with Gasteiger partial charge in [-0.25, -0.2) is 13.8 Å². The molecule has 1 aromatic rings. The quantitative estimate of drug-likeness (QED) is 0.526. The van der Waals surface area contributed by atoms with Gasteiger partial charge < -0.3 is 15.1 Å². The van der Waals surface area contributed by atoms with Crippen LogP contribution >= 0.6 is 0 Å². The molecule has 1 aliphatic rings. The summed E-state index contributed by atoms with van der Waals surface area (Å²) in [5.74, 6) is 0.0311. The third kappa shape index (κ3) is 3.96. The molecule has 1 aliphatic heterocycles. The highest BCUT2D eigenvalue weighted by atomic mass is 19.1. The van der Waals surface area contributed by atoms with Gasteiger partial charge in [-0.1, -0.05) is 6.08 Å². The summed E-state index contributed by atoms with van der Waals surface area (Å²) in [4.78, 5) is 8.44. The maximum Gasteiger partial charge on any atom is 0.194 e. The number of halogens is 2. The van der Waals surface area contributed by atoms with Crippen LogP contribution in [-0.4, -0.2) is 50.1 Å². The molecule has 1 fully saturated rings. The van der Waals surface area contributed by atoms with E-state index in [4.69, 9.17) is 0 Å². The first-order valence-corrected chi connectivity index (χ1v) is 7.50. The minimum atomic E-state index is -0.417. The molecule has 22 heavy (non-hydrogen) atoms. The summed E-state index contributed by atoms with van der Waals surface area (Å²) in [7, 11) is 0. The van der Waals surface area contributed by atoms with Crippen LogP contribution in [0.25, 0.3) is 0 Å². The van der Waals surface area contributed by atoms with Gasteiger partial charge in [0.1, 0.15) is 11.6 Å². The van der Waals surface area contributed by atoms with Crippen LogP contribution in [0.15, 0.2) is 35.8 Å². The van der Waals surface area contributed by atoms with Crippen LogP contribution in [0.5, 0.6) is 0 Å². The molecule has 0 atom stereocenters. The Kier molecular flexibility index (Phi) is 5.75. The van der Waals surface area contributed by atoms with Crippen molar-refractivity contribution in [3.05, 3.63) is 42.5 Å². The third-order valence-corrected chi connectivity index (χ3v) is 3.53. The van der Waals surface area contributed by atoms with Crippen molar-refractivity contribution < 1.29 is 8.78 Å². The first-order valence-electron chi connectivity index (χ1n) is 7.50. The van der Waals surface area contributed by atoms with Crippen molar-refractivity contribution in [3.8, 4) is 0 Å². The van der Waals surface area contributed by atoms with Crippen molar-refractivity contribution in [1.82, 2.24) is 10.2 Å². The van der Waals surface area contributed by atoms with E-state index < -0.39 is 5.82 Å². The lowest BCUT2D eigenvalue weighted by molar-refractivity contribution is 0.371. The summed E-state index contributed by atoms with van der Waals surface area (Å²) in [6, 6.07) is 3.56. The van der Waals surface area contributed by atoms with Crippen LogP contribution in [0.2, 0.25) is 0 Å². The first-order chi connectivity index (χ1) is 10.7. The minimum Gasteiger partial charge on any atom is -0.366 e. The number of hydrogen-bond acceptors (Lipinski definition) is 2. The second-order valence-electron chi connectivity index (χ2n) is 5.05. The SMILES string of the molecule is C=CCN=C(NCC)N1CCN(c2cc(F)ccc2F)CC1. The molecule has 1 saturated heterocycles. The summed E-state index contributed by atoms with van der Waals surface area (Å²) in [5, 5.41) is 3.24. The third-order valence-electron chi connectivity index (χ3n) is 3.53. The van der Waals surface area contributed by atoms with Gasteiger partial charge in [0, 0.05) is 38.8 Å². The Morgan fingerprint density at radius 1 is 1.32 bits per heavy atom. The predicted molar refractivity (Wildman–Crippen MR) is 86.3 cm³/mol. The number of benzene rings is 1. The van der Waals surface area contributed by atoms with E-state index in [-0.39, 0.29) is 5.82 Å². The molecule has 0 aliphatic carbocycles. The van der Waals surface area contributed by atoms with E-state index >= 15 is 0 Å². The average molecular weight is 308 g/mol. The lowest BCUT2D eigenvalue weighted by Crippen LogP contribution is -2.52. The van der Waals surface area contributed by atoms with E-state index in [2.05, 4.69) is 21.8 Å². The summed E-state index contributed by atoms with van der Waals surface area (Å²) in [6.45, 7) is 9.69. The number of rotatable bonds is 4. The minimum absolute atomic E-state index is 0.327. The monoisotopic (exact) mass is 308 g/mol. The Labute approximate surface area is 130 Å². The Morgan fingerprint density at radius 3 is 2.68 bits per heavy atom. The lowest BCUT2D eigenvalue weighted by Gasteiger charge is -2.37. The van der Waals surface area contributed by atoms with E-state index in [0.717, 1.165) is 18.6 Å². The normalized spacial score (nSPS) is 15.9. The molecule has 0 radical (unpaired) electrons. The molecule has 0 spiro atoms. The van der Waals surface area contributed by atoms with Gasteiger partial charge in [0.15, 0.2) is 5.96 Å². The van der Waals surface area contributed by atoms with Crippen molar-refractivity contribution >= 4 is 11.6 Å². The Hall–Kier alpha value is -2.11. The molecule has 4 nitrogen and oxygen atoms in total. The van der Waals surface area contributed by atoms with Gasteiger partial charge >= 0.3 is 0 Å². The van der Waals surface area contributed by atoms with E-state index in [1.165, 1.54) is 12.1 Å². The summed E-state index contributed by atoms with van der Waals surface area (Å²) in [6.07, 6.45) is 1.75. The second-order valence-corrected chi connectivity index (χ2v) is 5.05. The number of piperazine rings is 1. The van der Waals surface area contributed by atoms with Crippen molar-refractivity contribution in [3.63, 3.8) is 0 Å². The molecule has 2 rings (SSSR count). The maximum atomic E-state index is 13.8. The molecule has 0 aromatic heterocycles.